The van der Waals surface area contributed by atoms with Gasteiger partial charge in [-0.2, -0.15) is 5.26 Å². The summed E-state index contributed by atoms with van der Waals surface area (Å²) < 4.78 is 0. The van der Waals surface area contributed by atoms with Gasteiger partial charge >= 0.3 is 0 Å². The van der Waals surface area contributed by atoms with E-state index in [2.05, 4.69) is 15.9 Å². The largest absolute Gasteiger partial charge is 0.298 e. The second kappa shape index (κ2) is 3.42. The van der Waals surface area contributed by atoms with Gasteiger partial charge in [0, 0.05) is 25.7 Å². The average molecular weight is 165 g/mol. The molecule has 1 atom stereocenters. The van der Waals surface area contributed by atoms with Gasteiger partial charge in [-0.05, 0) is 19.4 Å². The van der Waals surface area contributed by atoms with Crippen LogP contribution in [0.25, 0.3) is 0 Å². The highest BCUT2D eigenvalue weighted by Gasteiger charge is 2.29. The molecule has 0 radical (unpaired) electrons. The first-order chi connectivity index (χ1) is 5.90. The van der Waals surface area contributed by atoms with Gasteiger partial charge in [0.2, 0.25) is 0 Å². The zero-order valence-electron chi connectivity index (χ0n) is 7.37. The smallest absolute Gasteiger partial charge is 0.0866 e. The molecule has 0 bridgehead atoms. The van der Waals surface area contributed by atoms with Gasteiger partial charge in [0.05, 0.1) is 12.6 Å². The van der Waals surface area contributed by atoms with E-state index >= 15 is 0 Å². The Labute approximate surface area is 73.6 Å². The minimum Gasteiger partial charge on any atom is -0.298 e. The lowest BCUT2D eigenvalue weighted by molar-refractivity contribution is 0.115. The van der Waals surface area contributed by atoms with Crippen LogP contribution in [0.2, 0.25) is 0 Å². The van der Waals surface area contributed by atoms with E-state index < -0.39 is 0 Å². The molecule has 0 aromatic heterocycles. The molecule has 3 nitrogen and oxygen atoms in total. The van der Waals surface area contributed by atoms with Gasteiger partial charge < -0.3 is 0 Å². The zero-order chi connectivity index (χ0) is 8.39. The van der Waals surface area contributed by atoms with Crippen molar-refractivity contribution in [3.05, 3.63) is 0 Å². The molecule has 66 valence electrons. The predicted molar refractivity (Wildman–Crippen MR) is 46.6 cm³/mol. The second-order valence-corrected chi connectivity index (χ2v) is 3.73. The Bertz CT molecular complexity index is 196. The molecule has 0 saturated carbocycles. The molecule has 2 aliphatic heterocycles. The molecule has 0 amide bonds. The minimum atomic E-state index is 0.615. The third-order valence-corrected chi connectivity index (χ3v) is 2.97. The fourth-order valence-electron chi connectivity index (χ4n) is 2.30. The molecular weight excluding hydrogens is 150 g/mol. The Hall–Kier alpha value is -0.590. The number of nitrogens with zero attached hydrogens (tertiary/aromatic N) is 3. The van der Waals surface area contributed by atoms with Crippen LogP contribution in [0.5, 0.6) is 0 Å². The number of hydrogen-bond donors (Lipinski definition) is 0. The Morgan fingerprint density at radius 1 is 1.33 bits per heavy atom. The number of hydrogen-bond acceptors (Lipinski definition) is 3. The summed E-state index contributed by atoms with van der Waals surface area (Å²) in [6.07, 6.45) is 2.69. The third kappa shape index (κ3) is 1.45. The zero-order valence-corrected chi connectivity index (χ0v) is 7.37. The van der Waals surface area contributed by atoms with Crippen LogP contribution in [0.15, 0.2) is 0 Å². The summed E-state index contributed by atoms with van der Waals surface area (Å²) in [6.45, 7) is 5.28. The second-order valence-electron chi connectivity index (χ2n) is 3.73. The van der Waals surface area contributed by atoms with Crippen LogP contribution in [0, 0.1) is 11.3 Å². The maximum absolute atomic E-state index is 8.55. The van der Waals surface area contributed by atoms with E-state index in [4.69, 9.17) is 5.26 Å². The first kappa shape index (κ1) is 8.03. The van der Waals surface area contributed by atoms with Crippen LogP contribution in [-0.2, 0) is 0 Å². The summed E-state index contributed by atoms with van der Waals surface area (Å²) in [7, 11) is 0. The van der Waals surface area contributed by atoms with Gasteiger partial charge in [0.15, 0.2) is 0 Å². The maximum Gasteiger partial charge on any atom is 0.0866 e. The van der Waals surface area contributed by atoms with E-state index in [9.17, 15) is 0 Å². The van der Waals surface area contributed by atoms with Crippen molar-refractivity contribution < 1.29 is 0 Å². The molecule has 2 saturated heterocycles. The lowest BCUT2D eigenvalue weighted by Crippen LogP contribution is -2.49. The summed E-state index contributed by atoms with van der Waals surface area (Å²) in [5.41, 5.74) is 0. The lowest BCUT2D eigenvalue weighted by Gasteiger charge is -2.36. The molecule has 12 heavy (non-hydrogen) atoms. The summed E-state index contributed by atoms with van der Waals surface area (Å²) in [5, 5.41) is 8.55. The van der Waals surface area contributed by atoms with Crippen LogP contribution in [-0.4, -0.2) is 48.6 Å². The van der Waals surface area contributed by atoms with Gasteiger partial charge in [0.1, 0.15) is 0 Å². The van der Waals surface area contributed by atoms with Crippen LogP contribution in [0.1, 0.15) is 12.8 Å². The first-order valence-corrected chi connectivity index (χ1v) is 4.73. The molecule has 0 aromatic rings. The fourth-order valence-corrected chi connectivity index (χ4v) is 2.30. The molecule has 2 heterocycles. The molecule has 0 spiro atoms. The van der Waals surface area contributed by atoms with Crippen molar-refractivity contribution in [2.45, 2.75) is 18.9 Å². The van der Waals surface area contributed by atoms with Gasteiger partial charge in [-0.25, -0.2) is 0 Å². The summed E-state index contributed by atoms with van der Waals surface area (Å²) >= 11 is 0. The topological polar surface area (TPSA) is 30.3 Å². The molecule has 0 N–H and O–H groups in total. The van der Waals surface area contributed by atoms with E-state index in [1.54, 1.807) is 0 Å². The van der Waals surface area contributed by atoms with Gasteiger partial charge in [-0.3, -0.25) is 9.80 Å². The molecule has 2 aliphatic rings. The van der Waals surface area contributed by atoms with Crippen molar-refractivity contribution in [1.82, 2.24) is 9.80 Å². The van der Waals surface area contributed by atoms with Crippen molar-refractivity contribution in [3.63, 3.8) is 0 Å². The van der Waals surface area contributed by atoms with Crippen LogP contribution in [0.4, 0.5) is 0 Å². The molecule has 2 fully saturated rings. The Morgan fingerprint density at radius 2 is 2.25 bits per heavy atom. The summed E-state index contributed by atoms with van der Waals surface area (Å²) in [4.78, 5) is 4.83. The van der Waals surface area contributed by atoms with Crippen LogP contribution >= 0.6 is 0 Å². The Morgan fingerprint density at radius 3 is 3.08 bits per heavy atom. The Balaban J connectivity index is 1.89. The normalized spacial score (nSPS) is 31.4. The highest BCUT2D eigenvalue weighted by atomic mass is 15.3. The standard InChI is InChI=1S/C9H15N3/c10-3-5-11-6-7-12-4-1-2-9(12)8-11/h9H,1-2,4-8H2. The lowest BCUT2D eigenvalue weighted by atomic mass is 10.1. The number of nitriles is 1. The SMILES string of the molecule is N#CCN1CCN2CCCC2C1. The van der Waals surface area contributed by atoms with Crippen LogP contribution in [0.3, 0.4) is 0 Å². The molecule has 2 rings (SSSR count). The number of fused-ring (bicyclic) bond motifs is 1. The summed E-state index contributed by atoms with van der Waals surface area (Å²) in [6, 6.07) is 2.98. The minimum absolute atomic E-state index is 0.615. The van der Waals surface area contributed by atoms with E-state index in [0.29, 0.717) is 6.54 Å². The quantitative estimate of drug-likeness (QED) is 0.523. The molecule has 0 aromatic carbocycles. The van der Waals surface area contributed by atoms with Gasteiger partial charge in [-0.1, -0.05) is 0 Å². The van der Waals surface area contributed by atoms with E-state index in [-0.39, 0.29) is 0 Å². The monoisotopic (exact) mass is 165 g/mol. The predicted octanol–water partition coefficient (Wildman–Crippen LogP) is 0.290. The van der Waals surface area contributed by atoms with Crippen molar-refractivity contribution in [2.24, 2.45) is 0 Å². The van der Waals surface area contributed by atoms with Crippen molar-refractivity contribution in [1.29, 1.82) is 5.26 Å². The van der Waals surface area contributed by atoms with Gasteiger partial charge in [-0.15, -0.1) is 0 Å². The van der Waals surface area contributed by atoms with Crippen molar-refractivity contribution >= 4 is 0 Å². The third-order valence-electron chi connectivity index (χ3n) is 2.97. The maximum atomic E-state index is 8.55. The van der Waals surface area contributed by atoms with E-state index in [0.717, 1.165) is 19.1 Å². The number of piperazine rings is 1. The summed E-state index contributed by atoms with van der Waals surface area (Å²) in [5.74, 6) is 0. The molecule has 3 heteroatoms. The number of rotatable bonds is 1. The Kier molecular flexibility index (Phi) is 2.29. The molecule has 0 aliphatic carbocycles. The van der Waals surface area contributed by atoms with Crippen molar-refractivity contribution in [2.75, 3.05) is 32.7 Å². The average Bonchev–Trinajstić information content (AvgIpc) is 2.51. The van der Waals surface area contributed by atoms with Gasteiger partial charge in [0.25, 0.3) is 0 Å². The van der Waals surface area contributed by atoms with Crippen molar-refractivity contribution in [3.8, 4) is 6.07 Å². The van der Waals surface area contributed by atoms with Crippen LogP contribution < -0.4 is 0 Å². The van der Waals surface area contributed by atoms with E-state index in [1.165, 1.54) is 25.9 Å². The first-order valence-electron chi connectivity index (χ1n) is 4.73. The highest BCUT2D eigenvalue weighted by Crippen LogP contribution is 2.20. The molecule has 1 unspecified atom stereocenters. The highest BCUT2D eigenvalue weighted by molar-refractivity contribution is 4.89. The molecular formula is C9H15N3. The van der Waals surface area contributed by atoms with E-state index in [1.807, 2.05) is 0 Å². The fraction of sp³-hybridized carbons (Fsp3) is 0.889.